The van der Waals surface area contributed by atoms with Gasteiger partial charge in [0.05, 0.1) is 0 Å². The van der Waals surface area contributed by atoms with E-state index in [1.807, 2.05) is 13.8 Å². The van der Waals surface area contributed by atoms with Crippen LogP contribution in [0, 0.1) is 6.92 Å². The summed E-state index contributed by atoms with van der Waals surface area (Å²) in [4.78, 5) is 28.5. The Kier molecular flexibility index (Phi) is 4.93. The summed E-state index contributed by atoms with van der Waals surface area (Å²) in [6.45, 7) is 6.24. The number of rotatable bonds is 4. The molecular formula is C12H17BrN2O2. The number of H-pyrrole nitrogens is 1. The molecule has 0 aliphatic carbocycles. The van der Waals surface area contributed by atoms with Gasteiger partial charge in [-0.15, -0.1) is 0 Å². The summed E-state index contributed by atoms with van der Waals surface area (Å²) in [5.41, 5.74) is 0.722. The van der Waals surface area contributed by atoms with Gasteiger partial charge in [-0.2, -0.15) is 0 Å². The first-order valence-electron chi connectivity index (χ1n) is 5.53. The highest BCUT2D eigenvalue weighted by molar-refractivity contribution is 9.09. The van der Waals surface area contributed by atoms with Crippen molar-refractivity contribution in [1.82, 2.24) is 9.88 Å². The van der Waals surface area contributed by atoms with Crippen LogP contribution in [0.3, 0.4) is 0 Å². The molecule has 1 aromatic heterocycles. The van der Waals surface area contributed by atoms with Gasteiger partial charge in [-0.25, -0.2) is 0 Å². The Bertz CT molecular complexity index is 454. The van der Waals surface area contributed by atoms with Crippen molar-refractivity contribution in [3.05, 3.63) is 33.7 Å². The smallest absolute Gasteiger partial charge is 0.259 e. The zero-order chi connectivity index (χ0) is 13.0. The van der Waals surface area contributed by atoms with Crippen molar-refractivity contribution in [1.29, 1.82) is 0 Å². The second kappa shape index (κ2) is 6.00. The highest BCUT2D eigenvalue weighted by atomic mass is 79.9. The van der Waals surface area contributed by atoms with Gasteiger partial charge >= 0.3 is 0 Å². The van der Waals surface area contributed by atoms with Gasteiger partial charge in [0.25, 0.3) is 5.91 Å². The molecule has 17 heavy (non-hydrogen) atoms. The van der Waals surface area contributed by atoms with Crippen LogP contribution in [0.5, 0.6) is 0 Å². The molecule has 1 aromatic rings. The first-order chi connectivity index (χ1) is 7.97. The molecule has 0 unspecified atom stereocenters. The maximum Gasteiger partial charge on any atom is 0.259 e. The Morgan fingerprint density at radius 2 is 2.18 bits per heavy atom. The summed E-state index contributed by atoms with van der Waals surface area (Å²) in [5, 5.41) is 0.695. The van der Waals surface area contributed by atoms with Gasteiger partial charge in [-0.05, 0) is 20.8 Å². The van der Waals surface area contributed by atoms with E-state index < -0.39 is 0 Å². The minimum absolute atomic E-state index is 0.0701. The highest BCUT2D eigenvalue weighted by Gasteiger charge is 2.20. The highest BCUT2D eigenvalue weighted by Crippen LogP contribution is 2.05. The van der Waals surface area contributed by atoms with Crippen molar-refractivity contribution < 1.29 is 4.79 Å². The quantitative estimate of drug-likeness (QED) is 0.864. The lowest BCUT2D eigenvalue weighted by Crippen LogP contribution is -2.40. The van der Waals surface area contributed by atoms with E-state index in [9.17, 15) is 9.59 Å². The maximum absolute atomic E-state index is 12.2. The molecule has 0 saturated carbocycles. The Morgan fingerprint density at radius 1 is 1.53 bits per heavy atom. The standard InChI is InChI=1S/C12H17BrN2O2/c1-8(2)15(5-4-13)12(17)10-7-14-9(3)6-11(10)16/h6-8H,4-5H2,1-3H3,(H,14,16). The van der Waals surface area contributed by atoms with Crippen LogP contribution >= 0.6 is 15.9 Å². The third-order valence-electron chi connectivity index (χ3n) is 2.50. The second-order valence-corrected chi connectivity index (χ2v) is 4.97. The molecule has 1 amide bonds. The minimum Gasteiger partial charge on any atom is -0.364 e. The molecule has 0 atom stereocenters. The monoisotopic (exact) mass is 300 g/mol. The van der Waals surface area contributed by atoms with Crippen LogP contribution in [0.25, 0.3) is 0 Å². The molecule has 0 aliphatic heterocycles. The number of hydrogen-bond acceptors (Lipinski definition) is 2. The molecule has 0 aliphatic rings. The first kappa shape index (κ1) is 14.0. The summed E-state index contributed by atoms with van der Waals surface area (Å²) in [6.07, 6.45) is 1.49. The van der Waals surface area contributed by atoms with Gasteiger partial charge in [0.1, 0.15) is 5.56 Å². The summed E-state index contributed by atoms with van der Waals surface area (Å²) < 4.78 is 0. The molecule has 0 radical (unpaired) electrons. The number of carbonyl (C=O) groups excluding carboxylic acids is 1. The van der Waals surface area contributed by atoms with E-state index in [4.69, 9.17) is 0 Å². The van der Waals surface area contributed by atoms with Crippen molar-refractivity contribution in [3.8, 4) is 0 Å². The van der Waals surface area contributed by atoms with Crippen molar-refractivity contribution in [3.63, 3.8) is 0 Å². The van der Waals surface area contributed by atoms with E-state index >= 15 is 0 Å². The van der Waals surface area contributed by atoms with Gasteiger partial charge < -0.3 is 9.88 Å². The molecule has 0 saturated heterocycles. The van der Waals surface area contributed by atoms with E-state index in [-0.39, 0.29) is 22.9 Å². The molecule has 1 heterocycles. The van der Waals surface area contributed by atoms with Crippen LogP contribution in [-0.2, 0) is 0 Å². The topological polar surface area (TPSA) is 53.2 Å². The molecule has 4 nitrogen and oxygen atoms in total. The van der Waals surface area contributed by atoms with Crippen molar-refractivity contribution in [2.75, 3.05) is 11.9 Å². The summed E-state index contributed by atoms with van der Waals surface area (Å²) >= 11 is 3.31. The average molecular weight is 301 g/mol. The number of pyridine rings is 1. The second-order valence-electron chi connectivity index (χ2n) is 4.18. The largest absolute Gasteiger partial charge is 0.364 e. The Morgan fingerprint density at radius 3 is 2.65 bits per heavy atom. The lowest BCUT2D eigenvalue weighted by atomic mass is 10.2. The number of aryl methyl sites for hydroxylation is 1. The predicted octanol–water partition coefficient (Wildman–Crippen LogP) is 1.93. The van der Waals surface area contributed by atoms with E-state index in [1.54, 1.807) is 11.8 Å². The van der Waals surface area contributed by atoms with Crippen molar-refractivity contribution in [2.24, 2.45) is 0 Å². The van der Waals surface area contributed by atoms with Crippen LogP contribution in [0.2, 0.25) is 0 Å². The van der Waals surface area contributed by atoms with Gasteiger partial charge in [0.2, 0.25) is 0 Å². The number of hydrogen-bond donors (Lipinski definition) is 1. The van der Waals surface area contributed by atoms with Crippen LogP contribution in [0.4, 0.5) is 0 Å². The maximum atomic E-state index is 12.2. The van der Waals surface area contributed by atoms with E-state index in [0.29, 0.717) is 11.9 Å². The van der Waals surface area contributed by atoms with Crippen molar-refractivity contribution in [2.45, 2.75) is 26.8 Å². The third-order valence-corrected chi connectivity index (χ3v) is 2.85. The molecule has 0 bridgehead atoms. The molecule has 94 valence electrons. The van der Waals surface area contributed by atoms with Crippen molar-refractivity contribution >= 4 is 21.8 Å². The number of nitrogens with one attached hydrogen (secondary N) is 1. The molecule has 5 heteroatoms. The molecule has 0 aromatic carbocycles. The van der Waals surface area contributed by atoms with Crippen LogP contribution in [0.15, 0.2) is 17.1 Å². The van der Waals surface area contributed by atoms with Gasteiger partial charge in [0, 0.05) is 35.9 Å². The summed E-state index contributed by atoms with van der Waals surface area (Å²) in [5.74, 6) is -0.222. The molecule has 0 fully saturated rings. The number of aromatic nitrogens is 1. The average Bonchev–Trinajstić information content (AvgIpc) is 2.24. The zero-order valence-corrected chi connectivity index (χ0v) is 11.9. The Labute approximate surface area is 109 Å². The van der Waals surface area contributed by atoms with E-state index in [1.165, 1.54) is 12.3 Å². The Hall–Kier alpha value is -1.10. The predicted molar refractivity (Wildman–Crippen MR) is 71.8 cm³/mol. The molecule has 0 spiro atoms. The van der Waals surface area contributed by atoms with Gasteiger partial charge in [0.15, 0.2) is 5.43 Å². The molecule has 1 rings (SSSR count). The first-order valence-corrected chi connectivity index (χ1v) is 6.65. The van der Waals surface area contributed by atoms with E-state index in [2.05, 4.69) is 20.9 Å². The number of aromatic amines is 1. The lowest BCUT2D eigenvalue weighted by molar-refractivity contribution is 0.0717. The number of alkyl halides is 1. The zero-order valence-electron chi connectivity index (χ0n) is 10.3. The fraction of sp³-hybridized carbons (Fsp3) is 0.500. The van der Waals surface area contributed by atoms with Gasteiger partial charge in [-0.3, -0.25) is 9.59 Å². The molecular weight excluding hydrogens is 284 g/mol. The fourth-order valence-electron chi connectivity index (χ4n) is 1.58. The number of carbonyl (C=O) groups is 1. The van der Waals surface area contributed by atoms with Gasteiger partial charge in [-0.1, -0.05) is 15.9 Å². The SMILES string of the molecule is Cc1cc(=O)c(C(=O)N(CCBr)C(C)C)c[nH]1. The molecule has 1 N–H and O–H groups in total. The number of halogens is 1. The normalized spacial score (nSPS) is 10.6. The number of nitrogens with zero attached hydrogens (tertiary/aromatic N) is 1. The lowest BCUT2D eigenvalue weighted by Gasteiger charge is -2.25. The summed E-state index contributed by atoms with van der Waals surface area (Å²) in [6, 6.07) is 1.51. The van der Waals surface area contributed by atoms with E-state index in [0.717, 1.165) is 5.69 Å². The van der Waals surface area contributed by atoms with Crippen LogP contribution in [-0.4, -0.2) is 33.7 Å². The fourth-order valence-corrected chi connectivity index (χ4v) is 1.96. The third kappa shape index (κ3) is 3.43. The minimum atomic E-state index is -0.230. The summed E-state index contributed by atoms with van der Waals surface area (Å²) in [7, 11) is 0. The number of amides is 1. The Balaban J connectivity index is 3.05. The van der Waals surface area contributed by atoms with Crippen LogP contribution < -0.4 is 5.43 Å². The van der Waals surface area contributed by atoms with Crippen LogP contribution in [0.1, 0.15) is 29.9 Å².